The Balaban J connectivity index is 1.90. The topological polar surface area (TPSA) is 0 Å². The molecule has 0 atom stereocenters. The highest BCUT2D eigenvalue weighted by atomic mass is 28.3. The van der Waals surface area contributed by atoms with Gasteiger partial charge in [-0.25, -0.2) is 0 Å². The van der Waals surface area contributed by atoms with Gasteiger partial charge in [-0.15, -0.1) is 0 Å². The standard InChI is InChI=1S/C20H20Si/c1-2-10-17(9-1)21(18-11-3-4-12-18,19-13-5-6-14-19)20-15-7-8-16-20/h1-9,11,13,15H,10,12,14,16H2. The maximum absolute atomic E-state index is 2.41. The smallest absolute Gasteiger partial charge is 0.0808 e. The third-order valence-electron chi connectivity index (χ3n) is 5.01. The molecular formula is C20H20Si. The van der Waals surface area contributed by atoms with Gasteiger partial charge < -0.3 is 0 Å². The quantitative estimate of drug-likeness (QED) is 0.629. The molecule has 0 bridgehead atoms. The van der Waals surface area contributed by atoms with Crippen LogP contribution in [-0.2, 0) is 0 Å². The highest BCUT2D eigenvalue weighted by Crippen LogP contribution is 2.47. The van der Waals surface area contributed by atoms with E-state index in [1.807, 2.05) is 0 Å². The van der Waals surface area contributed by atoms with Gasteiger partial charge in [-0.3, -0.25) is 0 Å². The second-order valence-corrected chi connectivity index (χ2v) is 10.1. The molecule has 0 amide bonds. The molecule has 0 saturated heterocycles. The van der Waals surface area contributed by atoms with Crippen molar-refractivity contribution in [1.29, 1.82) is 0 Å². The Morgan fingerprint density at radius 3 is 0.952 bits per heavy atom. The van der Waals surface area contributed by atoms with E-state index in [0.717, 1.165) is 25.7 Å². The second kappa shape index (κ2) is 5.16. The fourth-order valence-electron chi connectivity index (χ4n) is 4.14. The van der Waals surface area contributed by atoms with Crippen molar-refractivity contribution in [1.82, 2.24) is 0 Å². The predicted octanol–water partition coefficient (Wildman–Crippen LogP) is 5.14. The van der Waals surface area contributed by atoms with Gasteiger partial charge in [0.05, 0.1) is 0 Å². The number of hydrogen-bond donors (Lipinski definition) is 0. The van der Waals surface area contributed by atoms with Crippen LogP contribution in [0.2, 0.25) is 0 Å². The molecule has 0 aliphatic heterocycles. The van der Waals surface area contributed by atoms with Crippen molar-refractivity contribution in [3.63, 3.8) is 0 Å². The van der Waals surface area contributed by atoms with Gasteiger partial charge in [0, 0.05) is 0 Å². The molecular weight excluding hydrogens is 268 g/mol. The van der Waals surface area contributed by atoms with E-state index < -0.39 is 8.07 Å². The highest BCUT2D eigenvalue weighted by molar-refractivity contribution is 7.04. The summed E-state index contributed by atoms with van der Waals surface area (Å²) < 4.78 is 0. The first-order valence-electron chi connectivity index (χ1n) is 7.87. The lowest BCUT2D eigenvalue weighted by Gasteiger charge is -2.38. The Hall–Kier alpha value is -1.86. The van der Waals surface area contributed by atoms with E-state index in [9.17, 15) is 0 Å². The summed E-state index contributed by atoms with van der Waals surface area (Å²) in [5, 5.41) is 6.73. The average molecular weight is 288 g/mol. The van der Waals surface area contributed by atoms with Crippen LogP contribution < -0.4 is 0 Å². The van der Waals surface area contributed by atoms with Crippen LogP contribution in [0.25, 0.3) is 0 Å². The molecule has 0 aromatic heterocycles. The summed E-state index contributed by atoms with van der Waals surface area (Å²) in [7, 11) is -1.87. The third kappa shape index (κ3) is 1.88. The Labute approximate surface area is 128 Å². The monoisotopic (exact) mass is 288 g/mol. The molecule has 0 aromatic carbocycles. The summed E-state index contributed by atoms with van der Waals surface area (Å²) in [5.74, 6) is 0. The van der Waals surface area contributed by atoms with Gasteiger partial charge in [-0.1, -0.05) is 93.7 Å². The van der Waals surface area contributed by atoms with Crippen LogP contribution in [0.1, 0.15) is 25.7 Å². The van der Waals surface area contributed by atoms with E-state index in [1.54, 1.807) is 20.8 Å². The molecule has 0 heterocycles. The largest absolute Gasteiger partial charge is 0.164 e. The van der Waals surface area contributed by atoms with Gasteiger partial charge in [-0.2, -0.15) is 0 Å². The van der Waals surface area contributed by atoms with Gasteiger partial charge >= 0.3 is 0 Å². The molecule has 1 heteroatoms. The molecule has 4 aliphatic carbocycles. The predicted molar refractivity (Wildman–Crippen MR) is 93.1 cm³/mol. The normalized spacial score (nSPS) is 22.9. The van der Waals surface area contributed by atoms with Crippen molar-refractivity contribution in [3.05, 3.63) is 93.7 Å². The number of allylic oxidation sites excluding steroid dienone is 16. The van der Waals surface area contributed by atoms with Crippen molar-refractivity contribution in [3.8, 4) is 0 Å². The maximum atomic E-state index is 2.41. The van der Waals surface area contributed by atoms with Crippen molar-refractivity contribution >= 4 is 8.07 Å². The second-order valence-electron chi connectivity index (χ2n) is 6.05. The molecule has 4 aliphatic rings. The lowest BCUT2D eigenvalue weighted by molar-refractivity contribution is 1.22. The van der Waals surface area contributed by atoms with Gasteiger partial charge in [0.15, 0.2) is 8.07 Å². The Kier molecular flexibility index (Phi) is 3.15. The first-order chi connectivity index (χ1) is 10.4. The van der Waals surface area contributed by atoms with E-state index in [4.69, 9.17) is 0 Å². The Bertz CT molecular complexity index is 577. The van der Waals surface area contributed by atoms with E-state index in [0.29, 0.717) is 0 Å². The Morgan fingerprint density at radius 1 is 0.476 bits per heavy atom. The van der Waals surface area contributed by atoms with Crippen LogP contribution in [0.4, 0.5) is 0 Å². The molecule has 4 rings (SSSR count). The summed E-state index contributed by atoms with van der Waals surface area (Å²) in [4.78, 5) is 0. The molecule has 0 radical (unpaired) electrons. The van der Waals surface area contributed by atoms with Gasteiger partial charge in [-0.05, 0) is 25.7 Å². The van der Waals surface area contributed by atoms with Gasteiger partial charge in [0.1, 0.15) is 0 Å². The minimum atomic E-state index is -1.87. The van der Waals surface area contributed by atoms with E-state index in [1.165, 1.54) is 0 Å². The molecule has 0 nitrogen and oxygen atoms in total. The third-order valence-corrected chi connectivity index (χ3v) is 10.3. The van der Waals surface area contributed by atoms with Gasteiger partial charge in [0.25, 0.3) is 0 Å². The Morgan fingerprint density at radius 2 is 0.762 bits per heavy atom. The first-order valence-corrected chi connectivity index (χ1v) is 9.87. The van der Waals surface area contributed by atoms with Crippen LogP contribution in [0, 0.1) is 0 Å². The summed E-state index contributed by atoms with van der Waals surface area (Å²) in [6.07, 6.45) is 32.5. The van der Waals surface area contributed by atoms with Crippen molar-refractivity contribution in [2.45, 2.75) is 25.7 Å². The van der Waals surface area contributed by atoms with Crippen LogP contribution in [0.5, 0.6) is 0 Å². The van der Waals surface area contributed by atoms with Crippen LogP contribution in [0.15, 0.2) is 93.7 Å². The SMILES string of the molecule is C1=CCC([Si](C2=CC=CC2)(C2=CC=CC2)C2=CC=CC2)=C1. The minimum absolute atomic E-state index is 1.14. The molecule has 0 fully saturated rings. The lowest BCUT2D eigenvalue weighted by atomic mass is 10.4. The molecule has 0 unspecified atom stereocenters. The summed E-state index contributed by atoms with van der Waals surface area (Å²) in [6, 6.07) is 0. The molecule has 21 heavy (non-hydrogen) atoms. The van der Waals surface area contributed by atoms with Crippen LogP contribution in [-0.4, -0.2) is 8.07 Å². The van der Waals surface area contributed by atoms with Crippen molar-refractivity contribution in [2.75, 3.05) is 0 Å². The highest BCUT2D eigenvalue weighted by Gasteiger charge is 2.46. The number of hydrogen-bond acceptors (Lipinski definition) is 0. The average Bonchev–Trinajstić information content (AvgIpc) is 3.32. The van der Waals surface area contributed by atoms with Crippen molar-refractivity contribution < 1.29 is 0 Å². The van der Waals surface area contributed by atoms with Crippen LogP contribution in [0.3, 0.4) is 0 Å². The van der Waals surface area contributed by atoms with Crippen molar-refractivity contribution in [2.24, 2.45) is 0 Å². The molecule has 104 valence electrons. The first kappa shape index (κ1) is 12.8. The minimum Gasteiger partial charge on any atom is -0.0808 e. The molecule has 0 spiro atoms. The molecule has 0 saturated carbocycles. The molecule has 0 N–H and O–H groups in total. The zero-order valence-electron chi connectivity index (χ0n) is 12.3. The zero-order valence-corrected chi connectivity index (χ0v) is 13.3. The number of rotatable bonds is 4. The summed E-state index contributed by atoms with van der Waals surface area (Å²) in [6.45, 7) is 0. The van der Waals surface area contributed by atoms with Gasteiger partial charge in [0.2, 0.25) is 0 Å². The zero-order chi connectivity index (χ0) is 14.1. The lowest BCUT2D eigenvalue weighted by Crippen LogP contribution is -2.44. The fraction of sp³-hybridized carbons (Fsp3) is 0.200. The van der Waals surface area contributed by atoms with E-state index in [-0.39, 0.29) is 0 Å². The maximum Gasteiger partial charge on any atom is 0.164 e. The fourth-order valence-corrected chi connectivity index (χ4v) is 9.69. The summed E-state index contributed by atoms with van der Waals surface area (Å²) >= 11 is 0. The van der Waals surface area contributed by atoms with Crippen LogP contribution >= 0.6 is 0 Å². The molecule has 0 aromatic rings. The summed E-state index contributed by atoms with van der Waals surface area (Å²) in [5.41, 5.74) is 0. The van der Waals surface area contributed by atoms with E-state index in [2.05, 4.69) is 72.9 Å². The van der Waals surface area contributed by atoms with E-state index >= 15 is 0 Å².